The zero-order valence-corrected chi connectivity index (χ0v) is 13.8. The first-order valence-electron chi connectivity index (χ1n) is 7.12. The van der Waals surface area contributed by atoms with Crippen LogP contribution < -0.4 is 10.3 Å². The predicted octanol–water partition coefficient (Wildman–Crippen LogP) is 2.42. The molecule has 1 fully saturated rings. The lowest BCUT2D eigenvalue weighted by molar-refractivity contribution is 0.397. The molecule has 1 aliphatic carbocycles. The van der Waals surface area contributed by atoms with Gasteiger partial charge in [-0.15, -0.1) is 0 Å². The maximum atomic E-state index is 11.8. The first kappa shape index (κ1) is 14.3. The Kier molecular flexibility index (Phi) is 3.33. The van der Waals surface area contributed by atoms with Crippen LogP contribution in [-0.2, 0) is 0 Å². The van der Waals surface area contributed by atoms with Crippen LogP contribution in [0.5, 0.6) is 5.88 Å². The van der Waals surface area contributed by atoms with Gasteiger partial charge in [0.1, 0.15) is 17.5 Å². The van der Waals surface area contributed by atoms with E-state index in [4.69, 9.17) is 4.74 Å². The van der Waals surface area contributed by atoms with Crippen molar-refractivity contribution in [1.29, 1.82) is 0 Å². The summed E-state index contributed by atoms with van der Waals surface area (Å²) in [5.41, 5.74) is 1.83. The molecule has 8 heteroatoms. The highest BCUT2D eigenvalue weighted by Gasteiger charge is 2.31. The van der Waals surface area contributed by atoms with Gasteiger partial charge in [-0.25, -0.2) is 19.9 Å². The highest BCUT2D eigenvalue weighted by Crippen LogP contribution is 2.44. The summed E-state index contributed by atoms with van der Waals surface area (Å²) < 4.78 is 5.81. The molecule has 116 valence electrons. The number of pyridine rings is 1. The number of aromatic nitrogens is 5. The number of hydrogen-bond donors (Lipinski definition) is 1. The smallest absolute Gasteiger partial charge is 0.263 e. The zero-order valence-electron chi connectivity index (χ0n) is 12.2. The average molecular weight is 374 g/mol. The van der Waals surface area contributed by atoms with Gasteiger partial charge in [-0.3, -0.25) is 4.79 Å². The van der Waals surface area contributed by atoms with E-state index in [1.807, 2.05) is 0 Å². The third kappa shape index (κ3) is 2.48. The molecule has 0 bridgehead atoms. The van der Waals surface area contributed by atoms with Crippen molar-refractivity contribution in [2.24, 2.45) is 0 Å². The Morgan fingerprint density at radius 2 is 2.13 bits per heavy atom. The summed E-state index contributed by atoms with van der Waals surface area (Å²) in [5, 5.41) is 0.740. The summed E-state index contributed by atoms with van der Waals surface area (Å²) in [6, 6.07) is 1.69. The SMILES string of the molecule is COc1ncnc(C2CC2)c1-c1ncc2cc(Br)c(=O)[nH]c2n1. The largest absolute Gasteiger partial charge is 0.480 e. The number of H-pyrrole nitrogens is 1. The summed E-state index contributed by atoms with van der Waals surface area (Å²) >= 11 is 3.20. The summed E-state index contributed by atoms with van der Waals surface area (Å²) in [5.74, 6) is 1.29. The van der Waals surface area contributed by atoms with E-state index in [0.717, 1.165) is 23.9 Å². The number of nitrogens with zero attached hydrogens (tertiary/aromatic N) is 4. The Morgan fingerprint density at radius 1 is 1.30 bits per heavy atom. The van der Waals surface area contributed by atoms with E-state index in [1.165, 1.54) is 6.33 Å². The summed E-state index contributed by atoms with van der Waals surface area (Å²) in [6.07, 6.45) is 5.34. The van der Waals surface area contributed by atoms with Crippen LogP contribution in [0.4, 0.5) is 0 Å². The summed E-state index contributed by atoms with van der Waals surface area (Å²) in [7, 11) is 1.56. The minimum Gasteiger partial charge on any atom is -0.480 e. The monoisotopic (exact) mass is 373 g/mol. The van der Waals surface area contributed by atoms with Gasteiger partial charge in [0.2, 0.25) is 5.88 Å². The van der Waals surface area contributed by atoms with Crippen LogP contribution in [0.2, 0.25) is 0 Å². The second-order valence-electron chi connectivity index (χ2n) is 5.36. The topological polar surface area (TPSA) is 93.6 Å². The van der Waals surface area contributed by atoms with Gasteiger partial charge in [0, 0.05) is 17.5 Å². The zero-order chi connectivity index (χ0) is 16.0. The van der Waals surface area contributed by atoms with E-state index >= 15 is 0 Å². The van der Waals surface area contributed by atoms with Crippen LogP contribution in [0.1, 0.15) is 24.5 Å². The van der Waals surface area contributed by atoms with Crippen molar-refractivity contribution in [3.63, 3.8) is 0 Å². The van der Waals surface area contributed by atoms with Crippen molar-refractivity contribution >= 4 is 27.0 Å². The molecule has 0 spiro atoms. The lowest BCUT2D eigenvalue weighted by atomic mass is 10.1. The Morgan fingerprint density at radius 3 is 2.87 bits per heavy atom. The van der Waals surface area contributed by atoms with Crippen molar-refractivity contribution in [2.45, 2.75) is 18.8 Å². The number of hydrogen-bond acceptors (Lipinski definition) is 6. The van der Waals surface area contributed by atoms with E-state index < -0.39 is 0 Å². The Balaban J connectivity index is 1.95. The van der Waals surface area contributed by atoms with Crippen molar-refractivity contribution in [2.75, 3.05) is 7.11 Å². The molecular formula is C15H12BrN5O2. The predicted molar refractivity (Wildman–Crippen MR) is 87.4 cm³/mol. The molecule has 0 amide bonds. The third-order valence-electron chi connectivity index (χ3n) is 3.77. The van der Waals surface area contributed by atoms with E-state index in [1.54, 1.807) is 19.4 Å². The van der Waals surface area contributed by atoms with Crippen LogP contribution in [0.25, 0.3) is 22.4 Å². The molecule has 7 nitrogen and oxygen atoms in total. The first-order chi connectivity index (χ1) is 11.2. The molecule has 1 N–H and O–H groups in total. The number of halogens is 1. The lowest BCUT2D eigenvalue weighted by Gasteiger charge is -2.10. The Hall–Kier alpha value is -2.35. The molecular weight excluding hydrogens is 362 g/mol. The van der Waals surface area contributed by atoms with Crippen molar-refractivity contribution < 1.29 is 4.74 Å². The van der Waals surface area contributed by atoms with Crippen LogP contribution in [-0.4, -0.2) is 32.0 Å². The van der Waals surface area contributed by atoms with Gasteiger partial charge < -0.3 is 9.72 Å². The lowest BCUT2D eigenvalue weighted by Crippen LogP contribution is -2.08. The molecule has 0 radical (unpaired) electrons. The molecule has 0 aromatic carbocycles. The Bertz CT molecular complexity index is 968. The van der Waals surface area contributed by atoms with Crippen molar-refractivity contribution in [3.8, 4) is 17.3 Å². The maximum Gasteiger partial charge on any atom is 0.263 e. The number of fused-ring (bicyclic) bond motifs is 1. The molecule has 1 saturated carbocycles. The third-order valence-corrected chi connectivity index (χ3v) is 4.36. The fraction of sp³-hybridized carbons (Fsp3) is 0.267. The van der Waals surface area contributed by atoms with Gasteiger partial charge >= 0.3 is 0 Å². The highest BCUT2D eigenvalue weighted by atomic mass is 79.9. The fourth-order valence-electron chi connectivity index (χ4n) is 2.50. The normalized spacial score (nSPS) is 14.2. The quantitative estimate of drug-likeness (QED) is 0.757. The number of ether oxygens (including phenoxy) is 1. The number of rotatable bonds is 3. The van der Waals surface area contributed by atoms with E-state index in [2.05, 4.69) is 40.8 Å². The fourth-order valence-corrected chi connectivity index (χ4v) is 2.85. The number of nitrogens with one attached hydrogen (secondary N) is 1. The molecule has 4 rings (SSSR count). The number of aromatic amines is 1. The average Bonchev–Trinajstić information content (AvgIpc) is 3.39. The second kappa shape index (κ2) is 5.38. The molecule has 0 aliphatic heterocycles. The maximum absolute atomic E-state index is 11.8. The van der Waals surface area contributed by atoms with Crippen LogP contribution in [0, 0.1) is 0 Å². The molecule has 23 heavy (non-hydrogen) atoms. The van der Waals surface area contributed by atoms with Gasteiger partial charge in [-0.2, -0.15) is 0 Å². The summed E-state index contributed by atoms with van der Waals surface area (Å²) in [6.45, 7) is 0. The van der Waals surface area contributed by atoms with Gasteiger partial charge in [0.05, 0.1) is 17.3 Å². The van der Waals surface area contributed by atoms with Crippen molar-refractivity contribution in [1.82, 2.24) is 24.9 Å². The van der Waals surface area contributed by atoms with Gasteiger partial charge in [-0.05, 0) is 34.8 Å². The molecule has 3 aromatic rings. The van der Waals surface area contributed by atoms with Gasteiger partial charge in [0.25, 0.3) is 5.56 Å². The van der Waals surface area contributed by atoms with E-state index in [9.17, 15) is 4.79 Å². The second-order valence-corrected chi connectivity index (χ2v) is 6.22. The van der Waals surface area contributed by atoms with Gasteiger partial charge in [-0.1, -0.05) is 0 Å². The molecule has 0 atom stereocenters. The molecule has 3 heterocycles. The van der Waals surface area contributed by atoms with Gasteiger partial charge in [0.15, 0.2) is 5.82 Å². The van der Waals surface area contributed by atoms with E-state index in [0.29, 0.717) is 33.3 Å². The van der Waals surface area contributed by atoms with Crippen molar-refractivity contribution in [3.05, 3.63) is 39.1 Å². The Labute approximate surface area is 139 Å². The standard InChI is InChI=1S/C15H12BrN5O2/c1-23-15-10(11(7-2-3-7)18-6-19-15)13-17-5-8-4-9(16)14(22)21-12(8)20-13/h4-7H,2-3H2,1H3,(H,17,20,21,22). The van der Waals surface area contributed by atoms with E-state index in [-0.39, 0.29) is 5.56 Å². The minimum absolute atomic E-state index is 0.235. The highest BCUT2D eigenvalue weighted by molar-refractivity contribution is 9.10. The molecule has 1 aliphatic rings. The van der Waals surface area contributed by atoms with Crippen LogP contribution >= 0.6 is 15.9 Å². The molecule has 3 aromatic heterocycles. The minimum atomic E-state index is -0.235. The molecule has 0 saturated heterocycles. The van der Waals surface area contributed by atoms with Crippen LogP contribution in [0.3, 0.4) is 0 Å². The van der Waals surface area contributed by atoms with Crippen LogP contribution in [0.15, 0.2) is 27.9 Å². The number of methoxy groups -OCH3 is 1. The molecule has 0 unspecified atom stereocenters. The first-order valence-corrected chi connectivity index (χ1v) is 7.91. The summed E-state index contributed by atoms with van der Waals surface area (Å²) in [4.78, 5) is 32.0.